The van der Waals surface area contributed by atoms with Crippen molar-refractivity contribution in [3.63, 3.8) is 0 Å². The molecule has 1 aromatic rings. The van der Waals surface area contributed by atoms with Gasteiger partial charge in [0.05, 0.1) is 0 Å². The van der Waals surface area contributed by atoms with Crippen molar-refractivity contribution in [1.82, 2.24) is 10.2 Å². The molecule has 2 atom stereocenters. The lowest BCUT2D eigenvalue weighted by Gasteiger charge is -2.28. The van der Waals surface area contributed by atoms with E-state index >= 15 is 0 Å². The van der Waals surface area contributed by atoms with Crippen LogP contribution >= 0.6 is 11.3 Å². The quantitative estimate of drug-likeness (QED) is 0.830. The second kappa shape index (κ2) is 5.10. The van der Waals surface area contributed by atoms with Crippen LogP contribution in [0.1, 0.15) is 31.9 Å². The van der Waals surface area contributed by atoms with Crippen molar-refractivity contribution in [1.29, 1.82) is 0 Å². The van der Waals surface area contributed by atoms with E-state index in [0.717, 1.165) is 13.1 Å². The molecule has 0 aliphatic carbocycles. The fourth-order valence-corrected chi connectivity index (χ4v) is 2.96. The van der Waals surface area contributed by atoms with E-state index in [1.54, 1.807) is 11.3 Å². The van der Waals surface area contributed by atoms with Gasteiger partial charge in [-0.3, -0.25) is 4.90 Å². The Labute approximate surface area is 96.3 Å². The largest absolute Gasteiger partial charge is 0.313 e. The standard InChI is InChI=1S/C12H20N2S/c1-10-8-14(6-3-5-13-10)11(2)12-4-7-15-9-12/h4,7,9-11,13H,3,5-6,8H2,1-2H3. The molecule has 0 amide bonds. The lowest BCUT2D eigenvalue weighted by atomic mass is 10.1. The SMILES string of the molecule is CC1CN(C(C)c2ccsc2)CCCN1. The van der Waals surface area contributed by atoms with Crippen molar-refractivity contribution in [2.24, 2.45) is 0 Å². The van der Waals surface area contributed by atoms with Crippen LogP contribution in [0.5, 0.6) is 0 Å². The molecule has 84 valence electrons. The predicted molar refractivity (Wildman–Crippen MR) is 66.4 cm³/mol. The Bertz CT molecular complexity index is 284. The van der Waals surface area contributed by atoms with Gasteiger partial charge < -0.3 is 5.32 Å². The number of hydrogen-bond donors (Lipinski definition) is 1. The van der Waals surface area contributed by atoms with Crippen molar-refractivity contribution in [3.8, 4) is 0 Å². The molecule has 2 rings (SSSR count). The molecule has 15 heavy (non-hydrogen) atoms. The Morgan fingerprint density at radius 3 is 3.20 bits per heavy atom. The number of thiophene rings is 1. The van der Waals surface area contributed by atoms with Gasteiger partial charge in [-0.1, -0.05) is 0 Å². The molecule has 0 aromatic carbocycles. The van der Waals surface area contributed by atoms with Crippen LogP contribution in [0.3, 0.4) is 0 Å². The normalized spacial score (nSPS) is 26.1. The molecule has 1 aromatic heterocycles. The van der Waals surface area contributed by atoms with Gasteiger partial charge in [0.15, 0.2) is 0 Å². The predicted octanol–water partition coefficient (Wildman–Crippen LogP) is 2.49. The zero-order chi connectivity index (χ0) is 10.7. The molecule has 2 heterocycles. The fraction of sp³-hybridized carbons (Fsp3) is 0.667. The molecule has 1 fully saturated rings. The molecule has 1 saturated heterocycles. The zero-order valence-electron chi connectivity index (χ0n) is 9.57. The number of rotatable bonds is 2. The average Bonchev–Trinajstić information content (AvgIpc) is 2.67. The molecule has 1 aliphatic rings. The molecular formula is C12H20N2S. The van der Waals surface area contributed by atoms with Gasteiger partial charge >= 0.3 is 0 Å². The van der Waals surface area contributed by atoms with E-state index < -0.39 is 0 Å². The number of hydrogen-bond acceptors (Lipinski definition) is 3. The van der Waals surface area contributed by atoms with Gasteiger partial charge in [-0.25, -0.2) is 0 Å². The first-order valence-corrected chi connectivity index (χ1v) is 6.71. The molecule has 0 spiro atoms. The highest BCUT2D eigenvalue weighted by Gasteiger charge is 2.20. The van der Waals surface area contributed by atoms with Crippen LogP contribution in [0.25, 0.3) is 0 Å². The van der Waals surface area contributed by atoms with Crippen LogP contribution in [0, 0.1) is 0 Å². The summed E-state index contributed by atoms with van der Waals surface area (Å²) in [6.07, 6.45) is 1.26. The minimum atomic E-state index is 0.568. The van der Waals surface area contributed by atoms with Crippen molar-refractivity contribution >= 4 is 11.3 Å². The van der Waals surface area contributed by atoms with Crippen LogP contribution in [-0.4, -0.2) is 30.6 Å². The molecular weight excluding hydrogens is 204 g/mol. The van der Waals surface area contributed by atoms with Gasteiger partial charge in [0.1, 0.15) is 0 Å². The molecule has 2 unspecified atom stereocenters. The molecule has 0 saturated carbocycles. The van der Waals surface area contributed by atoms with Crippen LogP contribution in [0.4, 0.5) is 0 Å². The topological polar surface area (TPSA) is 15.3 Å². The van der Waals surface area contributed by atoms with E-state index in [-0.39, 0.29) is 0 Å². The van der Waals surface area contributed by atoms with Crippen molar-refractivity contribution in [2.75, 3.05) is 19.6 Å². The van der Waals surface area contributed by atoms with Gasteiger partial charge in [0.2, 0.25) is 0 Å². The summed E-state index contributed by atoms with van der Waals surface area (Å²) in [4.78, 5) is 2.59. The molecule has 1 N–H and O–H groups in total. The van der Waals surface area contributed by atoms with E-state index in [0.29, 0.717) is 12.1 Å². The third-order valence-electron chi connectivity index (χ3n) is 3.20. The van der Waals surface area contributed by atoms with Crippen LogP contribution in [0.15, 0.2) is 16.8 Å². The Hall–Kier alpha value is -0.380. The Balaban J connectivity index is 2.02. The maximum absolute atomic E-state index is 3.54. The molecule has 1 aliphatic heterocycles. The lowest BCUT2D eigenvalue weighted by molar-refractivity contribution is 0.210. The Morgan fingerprint density at radius 1 is 1.60 bits per heavy atom. The van der Waals surface area contributed by atoms with Gasteiger partial charge in [0.25, 0.3) is 0 Å². The maximum atomic E-state index is 3.54. The van der Waals surface area contributed by atoms with Gasteiger partial charge in [-0.15, -0.1) is 0 Å². The Morgan fingerprint density at radius 2 is 2.47 bits per heavy atom. The molecule has 0 radical (unpaired) electrons. The second-order valence-electron chi connectivity index (χ2n) is 4.44. The van der Waals surface area contributed by atoms with Crippen molar-refractivity contribution in [2.45, 2.75) is 32.4 Å². The number of nitrogens with one attached hydrogen (secondary N) is 1. The minimum Gasteiger partial charge on any atom is -0.313 e. The van der Waals surface area contributed by atoms with E-state index in [1.165, 1.54) is 18.5 Å². The summed E-state index contributed by atoms with van der Waals surface area (Å²) in [5.74, 6) is 0. The smallest absolute Gasteiger partial charge is 0.0328 e. The lowest BCUT2D eigenvalue weighted by Crippen LogP contribution is -2.36. The zero-order valence-corrected chi connectivity index (χ0v) is 10.4. The van der Waals surface area contributed by atoms with Crippen molar-refractivity contribution < 1.29 is 0 Å². The highest BCUT2D eigenvalue weighted by atomic mass is 32.1. The summed E-state index contributed by atoms with van der Waals surface area (Å²) in [5, 5.41) is 7.98. The summed E-state index contributed by atoms with van der Waals surface area (Å²) < 4.78 is 0. The summed E-state index contributed by atoms with van der Waals surface area (Å²) in [6.45, 7) is 8.14. The highest BCUT2D eigenvalue weighted by Crippen LogP contribution is 2.23. The first-order valence-electron chi connectivity index (χ1n) is 5.77. The van der Waals surface area contributed by atoms with Crippen LogP contribution in [0.2, 0.25) is 0 Å². The van der Waals surface area contributed by atoms with Crippen LogP contribution < -0.4 is 5.32 Å². The molecule has 0 bridgehead atoms. The van der Waals surface area contributed by atoms with Crippen molar-refractivity contribution in [3.05, 3.63) is 22.4 Å². The third-order valence-corrected chi connectivity index (χ3v) is 3.90. The first-order chi connectivity index (χ1) is 7.27. The summed E-state index contributed by atoms with van der Waals surface area (Å²) in [6, 6.07) is 3.44. The van der Waals surface area contributed by atoms with E-state index in [2.05, 4.69) is 40.9 Å². The molecule has 3 heteroatoms. The monoisotopic (exact) mass is 224 g/mol. The summed E-state index contributed by atoms with van der Waals surface area (Å²) >= 11 is 1.80. The second-order valence-corrected chi connectivity index (χ2v) is 5.22. The maximum Gasteiger partial charge on any atom is 0.0328 e. The van der Waals surface area contributed by atoms with Gasteiger partial charge in [-0.05, 0) is 49.2 Å². The van der Waals surface area contributed by atoms with E-state index in [9.17, 15) is 0 Å². The fourth-order valence-electron chi connectivity index (χ4n) is 2.21. The highest BCUT2D eigenvalue weighted by molar-refractivity contribution is 7.07. The van der Waals surface area contributed by atoms with E-state index in [4.69, 9.17) is 0 Å². The average molecular weight is 224 g/mol. The Kier molecular flexibility index (Phi) is 3.78. The minimum absolute atomic E-state index is 0.568. The van der Waals surface area contributed by atoms with Gasteiger partial charge in [-0.2, -0.15) is 11.3 Å². The number of nitrogens with zero attached hydrogens (tertiary/aromatic N) is 1. The van der Waals surface area contributed by atoms with E-state index in [1.807, 2.05) is 0 Å². The first kappa shape index (κ1) is 11.1. The van der Waals surface area contributed by atoms with Gasteiger partial charge in [0, 0.05) is 25.2 Å². The molecule has 2 nitrogen and oxygen atoms in total. The summed E-state index contributed by atoms with van der Waals surface area (Å²) in [5.41, 5.74) is 1.47. The van der Waals surface area contributed by atoms with Crippen LogP contribution in [-0.2, 0) is 0 Å². The third kappa shape index (κ3) is 2.80. The summed E-state index contributed by atoms with van der Waals surface area (Å²) in [7, 11) is 0.